The van der Waals surface area contributed by atoms with Crippen molar-refractivity contribution in [1.29, 1.82) is 5.26 Å². The van der Waals surface area contributed by atoms with Crippen molar-refractivity contribution >= 4 is 12.2 Å². The highest BCUT2D eigenvalue weighted by atomic mass is 16.6. The van der Waals surface area contributed by atoms with Crippen LogP contribution in [-0.2, 0) is 0 Å². The Kier molecular flexibility index (Phi) is 4.23. The van der Waals surface area contributed by atoms with Crippen molar-refractivity contribution in [3.63, 3.8) is 0 Å². The number of hydrogen-bond acceptors (Lipinski definition) is 5. The fraction of sp³-hybridized carbons (Fsp3) is 0.385. The molecule has 2 heterocycles. The van der Waals surface area contributed by atoms with Crippen LogP contribution in [0, 0.1) is 11.3 Å². The quantitative estimate of drug-likeness (QED) is 0.831. The van der Waals surface area contributed by atoms with E-state index in [1.54, 1.807) is 6.92 Å². The molecule has 1 aliphatic rings. The van der Waals surface area contributed by atoms with E-state index in [2.05, 4.69) is 4.98 Å². The summed E-state index contributed by atoms with van der Waals surface area (Å²) < 4.78 is 5.17. The molecule has 2 amide bonds. The van der Waals surface area contributed by atoms with Crippen LogP contribution in [0.3, 0.4) is 0 Å². The van der Waals surface area contributed by atoms with E-state index in [0.717, 1.165) is 0 Å². The number of nitrogens with zero attached hydrogens (tertiary/aromatic N) is 4. The lowest BCUT2D eigenvalue weighted by molar-refractivity contribution is 0.0725. The third-order valence-electron chi connectivity index (χ3n) is 3.18. The van der Waals surface area contributed by atoms with Crippen LogP contribution in [0.15, 0.2) is 18.5 Å². The van der Waals surface area contributed by atoms with E-state index in [9.17, 15) is 9.59 Å². The second kappa shape index (κ2) is 6.09. The third-order valence-corrected chi connectivity index (χ3v) is 3.18. The van der Waals surface area contributed by atoms with Crippen molar-refractivity contribution in [3.05, 3.63) is 24.0 Å². The van der Waals surface area contributed by atoms with Gasteiger partial charge in [-0.1, -0.05) is 0 Å². The molecule has 1 aromatic heterocycles. The maximum Gasteiger partial charge on any atom is 0.415 e. The molecule has 1 N–H and O–H groups in total. The molecule has 110 valence electrons. The van der Waals surface area contributed by atoms with E-state index in [-0.39, 0.29) is 31.4 Å². The molecule has 1 aromatic rings. The van der Waals surface area contributed by atoms with Crippen molar-refractivity contribution in [2.24, 2.45) is 0 Å². The van der Waals surface area contributed by atoms with Crippen molar-refractivity contribution < 1.29 is 19.4 Å². The molecule has 1 atom stereocenters. The molecule has 1 aliphatic heterocycles. The second-order valence-electron chi connectivity index (χ2n) is 4.66. The maximum atomic E-state index is 12.1. The van der Waals surface area contributed by atoms with Crippen LogP contribution in [0.1, 0.15) is 12.5 Å². The molecule has 0 aromatic carbocycles. The summed E-state index contributed by atoms with van der Waals surface area (Å²) >= 11 is 0. The molecule has 0 unspecified atom stereocenters. The van der Waals surface area contributed by atoms with Gasteiger partial charge in [0.15, 0.2) is 5.75 Å². The predicted molar refractivity (Wildman–Crippen MR) is 70.7 cm³/mol. The molecule has 0 aliphatic carbocycles. The number of pyridine rings is 1. The topological polar surface area (TPSA) is 107 Å². The van der Waals surface area contributed by atoms with Crippen LogP contribution < -0.4 is 4.74 Å². The molecule has 1 saturated heterocycles. The van der Waals surface area contributed by atoms with Gasteiger partial charge in [0.1, 0.15) is 6.07 Å². The number of ether oxygens (including phenoxy) is 1. The van der Waals surface area contributed by atoms with Crippen LogP contribution in [0.2, 0.25) is 0 Å². The highest BCUT2D eigenvalue weighted by Crippen LogP contribution is 2.15. The maximum absolute atomic E-state index is 12.1. The molecule has 8 heteroatoms. The number of amides is 2. The molecule has 2 rings (SSSR count). The van der Waals surface area contributed by atoms with Crippen LogP contribution >= 0.6 is 0 Å². The molecule has 1 fully saturated rings. The highest BCUT2D eigenvalue weighted by Gasteiger charge is 2.30. The van der Waals surface area contributed by atoms with Crippen molar-refractivity contribution in [1.82, 2.24) is 14.8 Å². The number of aromatic nitrogens is 1. The number of hydrogen-bond donors (Lipinski definition) is 1. The summed E-state index contributed by atoms with van der Waals surface area (Å²) in [4.78, 5) is 29.5. The summed E-state index contributed by atoms with van der Waals surface area (Å²) in [5.74, 6) is 0.187. The molecule has 0 spiro atoms. The Hall–Kier alpha value is -2.82. The van der Waals surface area contributed by atoms with Gasteiger partial charge in [-0.3, -0.25) is 4.98 Å². The molecule has 0 radical (unpaired) electrons. The van der Waals surface area contributed by atoms with E-state index in [1.165, 1.54) is 28.3 Å². The summed E-state index contributed by atoms with van der Waals surface area (Å²) in [6.07, 6.45) is 1.13. The van der Waals surface area contributed by atoms with Crippen LogP contribution in [-0.4, -0.2) is 57.8 Å². The highest BCUT2D eigenvalue weighted by molar-refractivity contribution is 5.72. The summed E-state index contributed by atoms with van der Waals surface area (Å²) in [6, 6.07) is 3.04. The number of carbonyl (C=O) groups is 2. The number of carboxylic acid groups (broad SMARTS) is 1. The SMILES string of the molecule is C[C@@H]1CN(C(=O)O)CCN1C(=O)Oc1cncc(C#N)c1. The first kappa shape index (κ1) is 14.6. The van der Waals surface area contributed by atoms with Crippen molar-refractivity contribution in [2.45, 2.75) is 13.0 Å². The monoisotopic (exact) mass is 290 g/mol. The number of carbonyl (C=O) groups excluding carboxylic acids is 1. The number of rotatable bonds is 1. The van der Waals surface area contributed by atoms with E-state index in [0.29, 0.717) is 5.56 Å². The predicted octanol–water partition coefficient (Wildman–Crippen LogP) is 1.14. The average molecular weight is 290 g/mol. The Labute approximate surface area is 121 Å². The number of nitriles is 1. The van der Waals surface area contributed by atoms with Gasteiger partial charge in [0.25, 0.3) is 0 Å². The summed E-state index contributed by atoms with van der Waals surface area (Å²) in [6.45, 7) is 2.49. The second-order valence-corrected chi connectivity index (χ2v) is 4.66. The van der Waals surface area contributed by atoms with E-state index in [4.69, 9.17) is 15.1 Å². The Balaban J connectivity index is 2.01. The first-order chi connectivity index (χ1) is 10.0. The lowest BCUT2D eigenvalue weighted by atomic mass is 10.2. The average Bonchev–Trinajstić information content (AvgIpc) is 2.47. The molecule has 0 bridgehead atoms. The third kappa shape index (κ3) is 3.39. The normalized spacial score (nSPS) is 18.0. The van der Waals surface area contributed by atoms with Gasteiger partial charge in [-0.25, -0.2) is 9.59 Å². The lowest BCUT2D eigenvalue weighted by Crippen LogP contribution is -2.55. The van der Waals surface area contributed by atoms with Crippen LogP contribution in [0.25, 0.3) is 0 Å². The zero-order valence-corrected chi connectivity index (χ0v) is 11.4. The summed E-state index contributed by atoms with van der Waals surface area (Å²) in [5.41, 5.74) is 0.295. The Morgan fingerprint density at radius 1 is 1.48 bits per heavy atom. The molecule has 8 nitrogen and oxygen atoms in total. The minimum Gasteiger partial charge on any atom is -0.465 e. The fourth-order valence-corrected chi connectivity index (χ4v) is 2.10. The minimum absolute atomic E-state index is 0.187. The van der Waals surface area contributed by atoms with Gasteiger partial charge in [0, 0.05) is 31.9 Å². The fourth-order valence-electron chi connectivity index (χ4n) is 2.10. The van der Waals surface area contributed by atoms with Crippen LogP contribution in [0.4, 0.5) is 9.59 Å². The molecule has 21 heavy (non-hydrogen) atoms. The Morgan fingerprint density at radius 3 is 2.86 bits per heavy atom. The summed E-state index contributed by atoms with van der Waals surface area (Å²) in [7, 11) is 0. The first-order valence-corrected chi connectivity index (χ1v) is 6.32. The standard InChI is InChI=1S/C13H14N4O4/c1-9-8-16(12(18)19)2-3-17(9)13(20)21-11-4-10(5-14)6-15-7-11/h4,6-7,9H,2-3,8H2,1H3,(H,18,19)/t9-/m1/s1. The van der Waals surface area contributed by atoms with Crippen molar-refractivity contribution in [2.75, 3.05) is 19.6 Å². The smallest absolute Gasteiger partial charge is 0.415 e. The van der Waals surface area contributed by atoms with Crippen molar-refractivity contribution in [3.8, 4) is 11.8 Å². The lowest BCUT2D eigenvalue weighted by Gasteiger charge is -2.37. The zero-order valence-electron chi connectivity index (χ0n) is 11.4. The van der Waals surface area contributed by atoms with Gasteiger partial charge in [-0.05, 0) is 6.92 Å². The van der Waals surface area contributed by atoms with Gasteiger partial charge >= 0.3 is 12.2 Å². The first-order valence-electron chi connectivity index (χ1n) is 6.32. The van der Waals surface area contributed by atoms with E-state index in [1.807, 2.05) is 6.07 Å². The van der Waals surface area contributed by atoms with Gasteiger partial charge in [0.05, 0.1) is 17.8 Å². The van der Waals surface area contributed by atoms with Crippen LogP contribution in [0.5, 0.6) is 5.75 Å². The zero-order chi connectivity index (χ0) is 15.4. The molecule has 0 saturated carbocycles. The van der Waals surface area contributed by atoms with Gasteiger partial charge < -0.3 is 19.6 Å². The Bertz CT molecular complexity index is 598. The Morgan fingerprint density at radius 2 is 2.24 bits per heavy atom. The largest absolute Gasteiger partial charge is 0.465 e. The summed E-state index contributed by atoms with van der Waals surface area (Å²) in [5, 5.41) is 17.7. The van der Waals surface area contributed by atoms with E-state index >= 15 is 0 Å². The van der Waals surface area contributed by atoms with E-state index < -0.39 is 12.2 Å². The van der Waals surface area contributed by atoms with Gasteiger partial charge in [0.2, 0.25) is 0 Å². The van der Waals surface area contributed by atoms with Gasteiger partial charge in [-0.2, -0.15) is 5.26 Å². The minimum atomic E-state index is -0.999. The number of piperazine rings is 1. The molecular formula is C13H14N4O4. The molecular weight excluding hydrogens is 276 g/mol. The van der Waals surface area contributed by atoms with Gasteiger partial charge in [-0.15, -0.1) is 0 Å².